The summed E-state index contributed by atoms with van der Waals surface area (Å²) in [6, 6.07) is 4.53. The van der Waals surface area contributed by atoms with Crippen LogP contribution < -0.4 is 0 Å². The molecule has 0 spiro atoms. The smallest absolute Gasteiger partial charge is 0.261 e. The maximum atomic E-state index is 11.1. The number of nitrogens with zero attached hydrogens (tertiary/aromatic N) is 1. The van der Waals surface area contributed by atoms with Crippen LogP contribution >= 0.6 is 10.7 Å². The van der Waals surface area contributed by atoms with Gasteiger partial charge in [0.15, 0.2) is 0 Å². The Morgan fingerprint density at radius 3 is 2.62 bits per heavy atom. The highest BCUT2D eigenvalue weighted by Gasteiger charge is 2.16. The summed E-state index contributed by atoms with van der Waals surface area (Å²) in [5.74, 6) is 0.942. The van der Waals surface area contributed by atoms with Gasteiger partial charge >= 0.3 is 0 Å². The topological polar surface area (TPSA) is 60.2 Å². The van der Waals surface area contributed by atoms with Crippen LogP contribution in [0.25, 0.3) is 10.9 Å². The zero-order valence-corrected chi connectivity index (χ0v) is 10.3. The van der Waals surface area contributed by atoms with Crippen molar-refractivity contribution in [1.29, 1.82) is 0 Å². The highest BCUT2D eigenvalue weighted by molar-refractivity contribution is 8.13. The van der Waals surface area contributed by atoms with Gasteiger partial charge in [0.1, 0.15) is 11.3 Å². The van der Waals surface area contributed by atoms with E-state index in [1.165, 1.54) is 12.1 Å². The Morgan fingerprint density at radius 1 is 1.38 bits per heavy atom. The summed E-state index contributed by atoms with van der Waals surface area (Å²) in [5, 5.41) is 4.63. The molecule has 0 aliphatic rings. The molecule has 0 aliphatic heterocycles. The summed E-state index contributed by atoms with van der Waals surface area (Å²) in [7, 11) is 1.53. The van der Waals surface area contributed by atoms with E-state index in [-0.39, 0.29) is 10.8 Å². The number of halogens is 1. The molecular formula is C10H10ClNO3S. The SMILES string of the molecule is CC(C)c1onc2cc(S(=O)(=O)Cl)ccc12. The second-order valence-electron chi connectivity index (χ2n) is 3.82. The summed E-state index contributed by atoms with van der Waals surface area (Å²) < 4.78 is 27.4. The van der Waals surface area contributed by atoms with Crippen molar-refractivity contribution in [2.75, 3.05) is 0 Å². The van der Waals surface area contributed by atoms with Crippen molar-refractivity contribution in [2.24, 2.45) is 0 Å². The Morgan fingerprint density at radius 2 is 2.06 bits per heavy atom. The molecule has 0 fully saturated rings. The van der Waals surface area contributed by atoms with Crippen LogP contribution in [0.15, 0.2) is 27.6 Å². The monoisotopic (exact) mass is 259 g/mol. The predicted octanol–water partition coefficient (Wildman–Crippen LogP) is 2.88. The normalized spacial score (nSPS) is 12.5. The highest BCUT2D eigenvalue weighted by Crippen LogP contribution is 2.27. The Bertz CT molecular complexity index is 631. The Kier molecular flexibility index (Phi) is 2.67. The minimum Gasteiger partial charge on any atom is -0.360 e. The van der Waals surface area contributed by atoms with Crippen LogP contribution in [0.4, 0.5) is 0 Å². The zero-order chi connectivity index (χ0) is 11.9. The number of benzene rings is 1. The van der Waals surface area contributed by atoms with Crippen molar-refractivity contribution in [3.05, 3.63) is 24.0 Å². The second kappa shape index (κ2) is 3.75. The summed E-state index contributed by atoms with van der Waals surface area (Å²) >= 11 is 0. The van der Waals surface area contributed by atoms with E-state index in [4.69, 9.17) is 15.2 Å². The van der Waals surface area contributed by atoms with Gasteiger partial charge in [-0.15, -0.1) is 0 Å². The third kappa shape index (κ3) is 1.92. The van der Waals surface area contributed by atoms with E-state index in [2.05, 4.69) is 5.16 Å². The van der Waals surface area contributed by atoms with Gasteiger partial charge in [-0.25, -0.2) is 8.42 Å². The summed E-state index contributed by atoms with van der Waals surface area (Å²) in [6.07, 6.45) is 0. The van der Waals surface area contributed by atoms with Crippen LogP contribution in [-0.4, -0.2) is 13.6 Å². The van der Waals surface area contributed by atoms with Crippen LogP contribution in [0, 0.1) is 0 Å². The van der Waals surface area contributed by atoms with E-state index in [9.17, 15) is 8.42 Å². The van der Waals surface area contributed by atoms with Gasteiger partial charge in [-0.05, 0) is 18.2 Å². The molecule has 0 N–H and O–H groups in total. The van der Waals surface area contributed by atoms with Crippen molar-refractivity contribution in [2.45, 2.75) is 24.7 Å². The molecule has 0 saturated heterocycles. The Labute approximate surface area is 97.6 Å². The largest absolute Gasteiger partial charge is 0.360 e. The maximum absolute atomic E-state index is 11.1. The molecule has 0 unspecified atom stereocenters. The maximum Gasteiger partial charge on any atom is 0.261 e. The van der Waals surface area contributed by atoms with Gasteiger partial charge in [-0.1, -0.05) is 19.0 Å². The molecule has 0 atom stereocenters. The van der Waals surface area contributed by atoms with Gasteiger partial charge in [0.2, 0.25) is 0 Å². The first kappa shape index (κ1) is 11.4. The minimum atomic E-state index is -3.71. The molecule has 16 heavy (non-hydrogen) atoms. The number of rotatable bonds is 2. The first-order valence-electron chi connectivity index (χ1n) is 4.73. The molecule has 1 heterocycles. The number of aromatic nitrogens is 1. The lowest BCUT2D eigenvalue weighted by Crippen LogP contribution is -1.90. The number of fused-ring (bicyclic) bond motifs is 1. The predicted molar refractivity (Wildman–Crippen MR) is 61.1 cm³/mol. The lowest BCUT2D eigenvalue weighted by molar-refractivity contribution is 0.378. The van der Waals surface area contributed by atoms with E-state index in [1.54, 1.807) is 6.07 Å². The lowest BCUT2D eigenvalue weighted by atomic mass is 10.1. The summed E-state index contributed by atoms with van der Waals surface area (Å²) in [6.45, 7) is 3.96. The van der Waals surface area contributed by atoms with Crippen molar-refractivity contribution >= 4 is 30.6 Å². The minimum absolute atomic E-state index is 0.0327. The second-order valence-corrected chi connectivity index (χ2v) is 6.38. The van der Waals surface area contributed by atoms with Crippen LogP contribution in [0.3, 0.4) is 0 Å². The Balaban J connectivity index is 2.67. The molecular weight excluding hydrogens is 250 g/mol. The standard InChI is InChI=1S/C10H10ClNO3S/c1-6(2)10-8-4-3-7(16(11,13)14)5-9(8)12-15-10/h3-6H,1-2H3. The van der Waals surface area contributed by atoms with Gasteiger partial charge < -0.3 is 4.52 Å². The average molecular weight is 260 g/mol. The fourth-order valence-electron chi connectivity index (χ4n) is 1.51. The molecule has 2 aromatic rings. The zero-order valence-electron chi connectivity index (χ0n) is 8.77. The highest BCUT2D eigenvalue weighted by atomic mass is 35.7. The van der Waals surface area contributed by atoms with E-state index in [0.29, 0.717) is 5.52 Å². The molecule has 0 saturated carbocycles. The van der Waals surface area contributed by atoms with E-state index in [0.717, 1.165) is 11.1 Å². The fourth-order valence-corrected chi connectivity index (χ4v) is 2.28. The molecule has 4 nitrogen and oxygen atoms in total. The molecule has 6 heteroatoms. The van der Waals surface area contributed by atoms with Gasteiger partial charge in [0, 0.05) is 22.0 Å². The van der Waals surface area contributed by atoms with E-state index < -0.39 is 9.05 Å². The third-order valence-electron chi connectivity index (χ3n) is 2.28. The lowest BCUT2D eigenvalue weighted by Gasteiger charge is -1.99. The summed E-state index contributed by atoms with van der Waals surface area (Å²) in [4.78, 5) is 0.0327. The quantitative estimate of drug-likeness (QED) is 0.778. The summed E-state index contributed by atoms with van der Waals surface area (Å²) in [5.41, 5.74) is 0.505. The van der Waals surface area contributed by atoms with Crippen molar-refractivity contribution < 1.29 is 12.9 Å². The van der Waals surface area contributed by atoms with Crippen LogP contribution in [0.1, 0.15) is 25.5 Å². The van der Waals surface area contributed by atoms with Crippen LogP contribution in [0.2, 0.25) is 0 Å². The molecule has 1 aromatic carbocycles. The van der Waals surface area contributed by atoms with Gasteiger partial charge in [0.25, 0.3) is 9.05 Å². The third-order valence-corrected chi connectivity index (χ3v) is 3.63. The molecule has 2 rings (SSSR count). The molecule has 0 bridgehead atoms. The van der Waals surface area contributed by atoms with Gasteiger partial charge in [-0.3, -0.25) is 0 Å². The average Bonchev–Trinajstić information content (AvgIpc) is 2.58. The molecule has 1 aromatic heterocycles. The number of hydrogen-bond acceptors (Lipinski definition) is 4. The molecule has 0 radical (unpaired) electrons. The first-order valence-corrected chi connectivity index (χ1v) is 7.04. The van der Waals surface area contributed by atoms with Crippen molar-refractivity contribution in [3.8, 4) is 0 Å². The van der Waals surface area contributed by atoms with Gasteiger partial charge in [-0.2, -0.15) is 0 Å². The van der Waals surface area contributed by atoms with E-state index >= 15 is 0 Å². The van der Waals surface area contributed by atoms with Crippen LogP contribution in [0.5, 0.6) is 0 Å². The molecule has 0 aliphatic carbocycles. The fraction of sp³-hybridized carbons (Fsp3) is 0.300. The molecule has 0 amide bonds. The number of hydrogen-bond donors (Lipinski definition) is 0. The van der Waals surface area contributed by atoms with Gasteiger partial charge in [0.05, 0.1) is 4.90 Å². The van der Waals surface area contributed by atoms with E-state index in [1.807, 2.05) is 13.8 Å². The Hall–Kier alpha value is -1.07. The van der Waals surface area contributed by atoms with Crippen LogP contribution in [-0.2, 0) is 9.05 Å². The van der Waals surface area contributed by atoms with Crippen molar-refractivity contribution in [1.82, 2.24) is 5.16 Å². The van der Waals surface area contributed by atoms with Crippen molar-refractivity contribution in [3.63, 3.8) is 0 Å². The first-order chi connectivity index (χ1) is 7.39. The molecule has 86 valence electrons.